The summed E-state index contributed by atoms with van der Waals surface area (Å²) >= 11 is 1.95. The van der Waals surface area contributed by atoms with Gasteiger partial charge in [0.2, 0.25) is 0 Å². The van der Waals surface area contributed by atoms with Crippen molar-refractivity contribution < 1.29 is 8.78 Å². The minimum absolute atomic E-state index is 0.0886. The summed E-state index contributed by atoms with van der Waals surface area (Å²) in [4.78, 5) is 0. The number of halogens is 3. The lowest BCUT2D eigenvalue weighted by Gasteiger charge is -2.33. The smallest absolute Gasteiger partial charge is 0.242 e. The molecule has 1 rings (SSSR count). The molecule has 0 amide bonds. The quantitative estimate of drug-likeness (QED) is 0.477. The molecule has 10 heavy (non-hydrogen) atoms. The molecule has 1 saturated heterocycles. The van der Waals surface area contributed by atoms with E-state index >= 15 is 0 Å². The van der Waals surface area contributed by atoms with E-state index in [4.69, 9.17) is 0 Å². The molecule has 0 bridgehead atoms. The lowest BCUT2D eigenvalue weighted by molar-refractivity contribution is -0.0810. The van der Waals surface area contributed by atoms with E-state index in [2.05, 4.69) is 0 Å². The van der Waals surface area contributed by atoms with Gasteiger partial charge < -0.3 is 0 Å². The number of nitrogens with zero attached hydrogens (tertiary/aromatic N) is 1. The van der Waals surface area contributed by atoms with Crippen LogP contribution in [0.2, 0.25) is 0 Å². The lowest BCUT2D eigenvalue weighted by atomic mass is 9.97. The average molecular weight is 261 g/mol. The highest BCUT2D eigenvalue weighted by Gasteiger charge is 2.40. The number of rotatable bonds is 0. The van der Waals surface area contributed by atoms with Crippen LogP contribution in [0.3, 0.4) is 0 Å². The van der Waals surface area contributed by atoms with Crippen LogP contribution in [0, 0.1) is 5.92 Å². The maximum Gasteiger partial charge on any atom is 0.263 e. The van der Waals surface area contributed by atoms with Crippen molar-refractivity contribution in [3.8, 4) is 0 Å². The van der Waals surface area contributed by atoms with E-state index < -0.39 is 11.8 Å². The molecule has 1 unspecified atom stereocenters. The van der Waals surface area contributed by atoms with E-state index in [9.17, 15) is 8.78 Å². The minimum Gasteiger partial charge on any atom is -0.242 e. The first-order chi connectivity index (χ1) is 4.52. The van der Waals surface area contributed by atoms with E-state index in [0.717, 1.165) is 6.54 Å². The van der Waals surface area contributed by atoms with Crippen LogP contribution < -0.4 is 0 Å². The van der Waals surface area contributed by atoms with Gasteiger partial charge in [-0.3, -0.25) is 0 Å². The summed E-state index contributed by atoms with van der Waals surface area (Å²) in [5, 5.41) is 0. The van der Waals surface area contributed by atoms with Gasteiger partial charge >= 0.3 is 0 Å². The molecule has 4 heteroatoms. The molecule has 0 aromatic heterocycles. The molecular formula is C6H10F2IN. The third-order valence-electron chi connectivity index (χ3n) is 1.91. The van der Waals surface area contributed by atoms with Crippen LogP contribution in [0.15, 0.2) is 0 Å². The Morgan fingerprint density at radius 2 is 2.20 bits per heavy atom. The molecule has 0 aromatic rings. The zero-order valence-electron chi connectivity index (χ0n) is 5.78. The predicted octanol–water partition coefficient (Wildman–Crippen LogP) is 2.31. The van der Waals surface area contributed by atoms with Crippen LogP contribution in [0.1, 0.15) is 13.3 Å². The Hall–Kier alpha value is 0.550. The van der Waals surface area contributed by atoms with Crippen LogP contribution in [0.4, 0.5) is 8.78 Å². The van der Waals surface area contributed by atoms with Crippen molar-refractivity contribution in [3.63, 3.8) is 0 Å². The third kappa shape index (κ3) is 1.78. The first-order valence-corrected chi connectivity index (χ1v) is 4.27. The summed E-state index contributed by atoms with van der Waals surface area (Å²) in [5.74, 6) is -2.92. The second-order valence-electron chi connectivity index (χ2n) is 2.80. The molecule has 0 radical (unpaired) electrons. The van der Waals surface area contributed by atoms with Gasteiger partial charge in [-0.25, -0.2) is 11.9 Å². The molecule has 0 N–H and O–H groups in total. The van der Waals surface area contributed by atoms with Crippen LogP contribution in [0.5, 0.6) is 0 Å². The highest BCUT2D eigenvalue weighted by atomic mass is 127. The molecule has 1 atom stereocenters. The first-order valence-electron chi connectivity index (χ1n) is 3.31. The van der Waals surface area contributed by atoms with Crippen molar-refractivity contribution in [1.82, 2.24) is 3.11 Å². The van der Waals surface area contributed by atoms with Gasteiger partial charge in [0.05, 0.1) is 6.54 Å². The number of piperidine rings is 1. The summed E-state index contributed by atoms with van der Waals surface area (Å²) in [6, 6.07) is 0. The van der Waals surface area contributed by atoms with E-state index in [1.165, 1.54) is 0 Å². The van der Waals surface area contributed by atoms with Gasteiger partial charge in [0.25, 0.3) is 5.92 Å². The highest BCUT2D eigenvalue weighted by molar-refractivity contribution is 14.1. The standard InChI is InChI=1S/C6H10F2IN/c1-5-2-3-10(9)4-6(5,7)8/h5H,2-4H2,1H3. The van der Waals surface area contributed by atoms with Gasteiger partial charge in [-0.15, -0.1) is 0 Å². The maximum atomic E-state index is 12.8. The van der Waals surface area contributed by atoms with Crippen molar-refractivity contribution in [2.24, 2.45) is 5.92 Å². The predicted molar refractivity (Wildman–Crippen MR) is 44.3 cm³/mol. The van der Waals surface area contributed by atoms with Crippen molar-refractivity contribution in [3.05, 3.63) is 0 Å². The Morgan fingerprint density at radius 3 is 2.60 bits per heavy atom. The third-order valence-corrected chi connectivity index (χ3v) is 2.73. The fourth-order valence-corrected chi connectivity index (χ4v) is 1.74. The molecule has 1 heterocycles. The number of alkyl halides is 2. The van der Waals surface area contributed by atoms with Crippen molar-refractivity contribution in [1.29, 1.82) is 0 Å². The normalized spacial score (nSPS) is 34.2. The molecule has 1 nitrogen and oxygen atoms in total. The zero-order chi connectivity index (χ0) is 7.78. The summed E-state index contributed by atoms with van der Waals surface area (Å²) in [6.07, 6.45) is 0.607. The molecule has 0 aromatic carbocycles. The van der Waals surface area contributed by atoms with Gasteiger partial charge in [0.1, 0.15) is 0 Å². The second kappa shape index (κ2) is 2.89. The van der Waals surface area contributed by atoms with Crippen molar-refractivity contribution >= 4 is 22.9 Å². The topological polar surface area (TPSA) is 3.24 Å². The number of hydrogen-bond acceptors (Lipinski definition) is 1. The van der Waals surface area contributed by atoms with E-state index in [1.807, 2.05) is 22.9 Å². The van der Waals surface area contributed by atoms with Crippen LogP contribution in [0.25, 0.3) is 0 Å². The Labute approximate surface area is 73.3 Å². The van der Waals surface area contributed by atoms with E-state index in [-0.39, 0.29) is 6.54 Å². The Kier molecular flexibility index (Phi) is 2.50. The first kappa shape index (κ1) is 8.64. The molecule has 0 aliphatic carbocycles. The SMILES string of the molecule is CC1CCN(I)CC1(F)F. The van der Waals surface area contributed by atoms with Crippen molar-refractivity contribution in [2.75, 3.05) is 13.1 Å². The van der Waals surface area contributed by atoms with Gasteiger partial charge in [0, 0.05) is 35.3 Å². The summed E-state index contributed by atoms with van der Waals surface area (Å²) in [7, 11) is 0. The summed E-state index contributed by atoms with van der Waals surface area (Å²) in [6.45, 7) is 2.32. The van der Waals surface area contributed by atoms with Crippen LogP contribution >= 0.6 is 22.9 Å². The molecule has 1 aliphatic heterocycles. The molecular weight excluding hydrogens is 251 g/mol. The van der Waals surface area contributed by atoms with Gasteiger partial charge in [0.15, 0.2) is 0 Å². The van der Waals surface area contributed by atoms with Crippen LogP contribution in [-0.2, 0) is 0 Å². The zero-order valence-corrected chi connectivity index (χ0v) is 7.94. The molecule has 0 saturated carbocycles. The minimum atomic E-state index is -2.47. The fraction of sp³-hybridized carbons (Fsp3) is 1.00. The lowest BCUT2D eigenvalue weighted by Crippen LogP contribution is -2.43. The molecule has 1 fully saturated rings. The second-order valence-corrected chi connectivity index (χ2v) is 4.16. The molecule has 60 valence electrons. The Balaban J connectivity index is 2.55. The van der Waals surface area contributed by atoms with Gasteiger partial charge in [-0.1, -0.05) is 6.92 Å². The van der Waals surface area contributed by atoms with Crippen LogP contribution in [-0.4, -0.2) is 22.1 Å². The highest BCUT2D eigenvalue weighted by Crippen LogP contribution is 2.33. The average Bonchev–Trinajstić information content (AvgIpc) is 1.78. The van der Waals surface area contributed by atoms with Crippen molar-refractivity contribution in [2.45, 2.75) is 19.3 Å². The molecule has 0 spiro atoms. The maximum absolute atomic E-state index is 12.8. The Bertz CT molecular complexity index is 129. The van der Waals surface area contributed by atoms with E-state index in [1.54, 1.807) is 10.0 Å². The summed E-state index contributed by atoms with van der Waals surface area (Å²) < 4.78 is 27.3. The largest absolute Gasteiger partial charge is 0.263 e. The van der Waals surface area contributed by atoms with E-state index in [0.29, 0.717) is 6.42 Å². The summed E-state index contributed by atoms with van der Waals surface area (Å²) in [5.41, 5.74) is 0. The fourth-order valence-electron chi connectivity index (χ4n) is 1.01. The Morgan fingerprint density at radius 1 is 1.60 bits per heavy atom. The van der Waals surface area contributed by atoms with Gasteiger partial charge in [-0.05, 0) is 6.42 Å². The molecule has 1 aliphatic rings. The number of hydrogen-bond donors (Lipinski definition) is 0. The monoisotopic (exact) mass is 261 g/mol. The van der Waals surface area contributed by atoms with Gasteiger partial charge in [-0.2, -0.15) is 0 Å².